The van der Waals surface area contributed by atoms with Gasteiger partial charge in [0.1, 0.15) is 11.5 Å². The maximum Gasteiger partial charge on any atom is 0.177 e. The lowest BCUT2D eigenvalue weighted by Crippen LogP contribution is -2.25. The Morgan fingerprint density at radius 3 is 2.80 bits per heavy atom. The van der Waals surface area contributed by atoms with Crippen molar-refractivity contribution in [2.75, 3.05) is 5.75 Å². The Morgan fingerprint density at radius 2 is 2.15 bits per heavy atom. The smallest absolute Gasteiger partial charge is 0.177 e. The van der Waals surface area contributed by atoms with E-state index in [9.17, 15) is 4.39 Å². The third-order valence-electron chi connectivity index (χ3n) is 2.76. The van der Waals surface area contributed by atoms with Crippen molar-refractivity contribution in [1.82, 2.24) is 5.43 Å². The second kappa shape index (κ2) is 5.92. The third-order valence-corrected chi connectivity index (χ3v) is 3.67. The zero-order chi connectivity index (χ0) is 13.8. The van der Waals surface area contributed by atoms with Crippen LogP contribution in [0.1, 0.15) is 11.3 Å². The number of rotatable bonds is 3. The van der Waals surface area contributed by atoms with Gasteiger partial charge in [0.05, 0.1) is 12.8 Å². The topological polar surface area (TPSA) is 49.9 Å². The molecule has 0 saturated heterocycles. The summed E-state index contributed by atoms with van der Waals surface area (Å²) in [6.45, 7) is 0.501. The van der Waals surface area contributed by atoms with Gasteiger partial charge in [0.2, 0.25) is 0 Å². The molecule has 0 aliphatic carbocycles. The summed E-state index contributed by atoms with van der Waals surface area (Å²) in [5, 5.41) is 5.00. The minimum Gasteiger partial charge on any atom is -0.463 e. The summed E-state index contributed by atoms with van der Waals surface area (Å²) < 4.78 is 18.1. The number of amidine groups is 1. The second-order valence-corrected chi connectivity index (χ2v) is 5.15. The molecule has 0 bridgehead atoms. The quantitative estimate of drug-likeness (QED) is 0.945. The molecule has 0 fully saturated rings. The van der Waals surface area contributed by atoms with E-state index in [0.717, 1.165) is 22.2 Å². The fourth-order valence-electron chi connectivity index (χ4n) is 1.72. The molecule has 1 aliphatic heterocycles. The molecule has 1 aromatic carbocycles. The highest BCUT2D eigenvalue weighted by atomic mass is 32.2. The fraction of sp³-hybridized carbons (Fsp3) is 0.143. The van der Waals surface area contributed by atoms with E-state index in [1.54, 1.807) is 30.2 Å². The minimum atomic E-state index is -0.237. The van der Waals surface area contributed by atoms with Gasteiger partial charge in [-0.05, 0) is 29.8 Å². The average molecular weight is 289 g/mol. The molecule has 0 saturated carbocycles. The lowest BCUT2D eigenvalue weighted by atomic mass is 10.2. The van der Waals surface area contributed by atoms with Crippen molar-refractivity contribution < 1.29 is 8.81 Å². The van der Waals surface area contributed by atoms with E-state index in [0.29, 0.717) is 12.3 Å². The first kappa shape index (κ1) is 12.9. The highest BCUT2D eigenvalue weighted by molar-refractivity contribution is 8.14. The zero-order valence-electron chi connectivity index (χ0n) is 10.5. The molecule has 6 heteroatoms. The number of benzene rings is 1. The van der Waals surface area contributed by atoms with Crippen molar-refractivity contribution >= 4 is 22.6 Å². The molecule has 1 aromatic heterocycles. The molecule has 102 valence electrons. The minimum absolute atomic E-state index is 0.237. The Hall–Kier alpha value is -2.08. The lowest BCUT2D eigenvalue weighted by Gasteiger charge is -2.13. The maximum atomic E-state index is 12.8. The highest BCUT2D eigenvalue weighted by Crippen LogP contribution is 2.14. The van der Waals surface area contributed by atoms with E-state index in [2.05, 4.69) is 15.5 Å². The number of halogens is 1. The molecule has 1 aliphatic rings. The molecule has 0 radical (unpaired) electrons. The molecule has 2 aromatic rings. The first-order chi connectivity index (χ1) is 9.81. The Bertz CT molecular complexity index is 635. The van der Waals surface area contributed by atoms with E-state index in [1.807, 2.05) is 12.1 Å². The van der Waals surface area contributed by atoms with Crippen molar-refractivity contribution in [3.05, 3.63) is 59.8 Å². The summed E-state index contributed by atoms with van der Waals surface area (Å²) in [4.78, 5) is 4.41. The second-order valence-electron chi connectivity index (χ2n) is 4.18. The molecular weight excluding hydrogens is 277 g/mol. The Balaban J connectivity index is 1.63. The van der Waals surface area contributed by atoms with Crippen molar-refractivity contribution in [1.29, 1.82) is 0 Å². The van der Waals surface area contributed by atoms with Crippen LogP contribution in [0.5, 0.6) is 0 Å². The number of nitrogens with one attached hydrogen (secondary N) is 1. The monoisotopic (exact) mass is 289 g/mol. The van der Waals surface area contributed by atoms with Gasteiger partial charge < -0.3 is 4.42 Å². The van der Waals surface area contributed by atoms with Gasteiger partial charge in [-0.2, -0.15) is 5.10 Å². The van der Waals surface area contributed by atoms with Crippen LogP contribution in [-0.2, 0) is 6.54 Å². The Kier molecular flexibility index (Phi) is 3.83. The molecule has 0 unspecified atom stereocenters. The maximum absolute atomic E-state index is 12.8. The van der Waals surface area contributed by atoms with E-state index in [1.165, 1.54) is 12.1 Å². The van der Waals surface area contributed by atoms with Crippen molar-refractivity contribution in [3.63, 3.8) is 0 Å². The van der Waals surface area contributed by atoms with E-state index in [-0.39, 0.29) is 5.82 Å². The molecule has 1 N–H and O–H groups in total. The number of hydrazone groups is 1. The van der Waals surface area contributed by atoms with Gasteiger partial charge >= 0.3 is 0 Å². The number of furan rings is 1. The largest absolute Gasteiger partial charge is 0.463 e. The van der Waals surface area contributed by atoms with Crippen LogP contribution < -0.4 is 5.43 Å². The summed E-state index contributed by atoms with van der Waals surface area (Å²) in [6, 6.07) is 10.0. The van der Waals surface area contributed by atoms with Gasteiger partial charge in [0, 0.05) is 5.75 Å². The number of aliphatic imine (C=N–C) groups is 1. The van der Waals surface area contributed by atoms with Gasteiger partial charge in [0.25, 0.3) is 0 Å². The number of thioether (sulfide) groups is 1. The predicted octanol–water partition coefficient (Wildman–Crippen LogP) is 3.02. The van der Waals surface area contributed by atoms with E-state index < -0.39 is 0 Å². The van der Waals surface area contributed by atoms with Crippen molar-refractivity contribution in [2.45, 2.75) is 6.54 Å². The van der Waals surface area contributed by atoms with Gasteiger partial charge in [-0.25, -0.2) is 4.39 Å². The summed E-state index contributed by atoms with van der Waals surface area (Å²) in [7, 11) is 0. The molecule has 0 spiro atoms. The molecule has 2 heterocycles. The highest BCUT2D eigenvalue weighted by Gasteiger charge is 2.14. The molecule has 3 rings (SSSR count). The summed E-state index contributed by atoms with van der Waals surface area (Å²) in [5.41, 5.74) is 4.73. The Labute approximate surface area is 119 Å². The van der Waals surface area contributed by atoms with Crippen molar-refractivity contribution in [2.24, 2.45) is 10.1 Å². The fourth-order valence-corrected chi connectivity index (χ4v) is 2.47. The molecule has 0 atom stereocenters. The van der Waals surface area contributed by atoms with Crippen LogP contribution >= 0.6 is 11.8 Å². The van der Waals surface area contributed by atoms with Gasteiger partial charge in [-0.15, -0.1) is 0 Å². The molecule has 0 amide bonds. The zero-order valence-corrected chi connectivity index (χ0v) is 11.4. The van der Waals surface area contributed by atoms with Crippen LogP contribution in [0.25, 0.3) is 0 Å². The summed E-state index contributed by atoms with van der Waals surface area (Å²) >= 11 is 1.57. The standard InChI is InChI=1S/C14H12FN3OS/c15-11-5-3-10(4-6-11)8-16-14-18-17-12(9-20-14)13-2-1-7-19-13/h1-7H,8-9H2,(H,16,18). The first-order valence-corrected chi connectivity index (χ1v) is 7.08. The average Bonchev–Trinajstić information content (AvgIpc) is 3.01. The number of nitrogens with zero attached hydrogens (tertiary/aromatic N) is 2. The number of hydrogen-bond acceptors (Lipinski definition) is 4. The van der Waals surface area contributed by atoms with Crippen LogP contribution in [0.15, 0.2) is 57.2 Å². The number of hydrogen-bond donors (Lipinski definition) is 1. The van der Waals surface area contributed by atoms with Crippen molar-refractivity contribution in [3.8, 4) is 0 Å². The Morgan fingerprint density at radius 1 is 1.30 bits per heavy atom. The van der Waals surface area contributed by atoms with Crippen LogP contribution in [-0.4, -0.2) is 16.6 Å². The van der Waals surface area contributed by atoms with Crippen LogP contribution in [0, 0.1) is 5.82 Å². The first-order valence-electron chi connectivity index (χ1n) is 6.09. The van der Waals surface area contributed by atoms with Crippen LogP contribution in [0.4, 0.5) is 4.39 Å². The summed E-state index contributed by atoms with van der Waals surface area (Å²) in [6.07, 6.45) is 1.63. The lowest BCUT2D eigenvalue weighted by molar-refractivity contribution is 0.556. The van der Waals surface area contributed by atoms with Gasteiger partial charge in [-0.1, -0.05) is 23.9 Å². The SMILES string of the molecule is Fc1ccc(CN=C2NN=C(c3ccco3)CS2)cc1. The molecule has 4 nitrogen and oxygen atoms in total. The van der Waals surface area contributed by atoms with E-state index in [4.69, 9.17) is 4.42 Å². The third kappa shape index (κ3) is 3.08. The van der Waals surface area contributed by atoms with Gasteiger partial charge in [0.15, 0.2) is 10.9 Å². The predicted molar refractivity (Wildman–Crippen MR) is 78.4 cm³/mol. The normalized spacial score (nSPS) is 16.9. The molecular formula is C14H12FN3OS. The van der Waals surface area contributed by atoms with Crippen LogP contribution in [0.3, 0.4) is 0 Å². The van der Waals surface area contributed by atoms with Gasteiger partial charge in [-0.3, -0.25) is 10.4 Å². The molecule has 20 heavy (non-hydrogen) atoms. The summed E-state index contributed by atoms with van der Waals surface area (Å²) in [5.74, 6) is 1.24. The van der Waals surface area contributed by atoms with Crippen LogP contribution in [0.2, 0.25) is 0 Å². The van der Waals surface area contributed by atoms with E-state index >= 15 is 0 Å².